The zero-order chi connectivity index (χ0) is 14.5. The van der Waals surface area contributed by atoms with Crippen molar-refractivity contribution >= 4 is 23.1 Å². The number of thioether (sulfide) groups is 1. The van der Waals surface area contributed by atoms with Crippen LogP contribution >= 0.6 is 23.1 Å². The number of thiophene rings is 1. The molecule has 106 valence electrons. The second-order valence-electron chi connectivity index (χ2n) is 4.81. The lowest BCUT2D eigenvalue weighted by atomic mass is 10.1. The molecule has 1 nitrogen and oxygen atoms in total. The van der Waals surface area contributed by atoms with Crippen molar-refractivity contribution in [2.75, 3.05) is 0 Å². The number of hydrogen-bond acceptors (Lipinski definition) is 3. The molecule has 0 aliphatic rings. The zero-order valence-electron chi connectivity index (χ0n) is 11.5. The summed E-state index contributed by atoms with van der Waals surface area (Å²) in [4.78, 5) is 1.27. The van der Waals surface area contributed by atoms with Crippen LogP contribution in [0.1, 0.15) is 11.1 Å². The number of aliphatic hydroxyl groups is 1. The van der Waals surface area contributed by atoms with Crippen molar-refractivity contribution in [3.05, 3.63) is 76.5 Å². The Morgan fingerprint density at radius 2 is 1.76 bits per heavy atom. The van der Waals surface area contributed by atoms with E-state index in [0.29, 0.717) is 0 Å². The third kappa shape index (κ3) is 3.76. The quantitative estimate of drug-likeness (QED) is 0.653. The molecule has 0 saturated carbocycles. The van der Waals surface area contributed by atoms with E-state index >= 15 is 0 Å². The molecule has 1 heterocycles. The molecule has 1 N–H and O–H groups in total. The predicted octanol–water partition coefficient (Wildman–Crippen LogP) is 5.20. The van der Waals surface area contributed by atoms with E-state index in [0.717, 1.165) is 11.3 Å². The van der Waals surface area contributed by atoms with Crippen LogP contribution in [0.4, 0.5) is 0 Å². The summed E-state index contributed by atoms with van der Waals surface area (Å²) in [7, 11) is 0. The minimum atomic E-state index is 0.103. The maximum absolute atomic E-state index is 9.18. The molecule has 0 aliphatic heterocycles. The first-order chi connectivity index (χ1) is 10.3. The van der Waals surface area contributed by atoms with E-state index in [1.54, 1.807) is 11.3 Å². The summed E-state index contributed by atoms with van der Waals surface area (Å²) in [5.41, 5.74) is 4.77. The van der Waals surface area contributed by atoms with Crippen LogP contribution in [-0.2, 0) is 12.4 Å². The first-order valence-corrected chi connectivity index (χ1v) is 8.72. The van der Waals surface area contributed by atoms with Crippen LogP contribution in [0, 0.1) is 0 Å². The van der Waals surface area contributed by atoms with E-state index in [4.69, 9.17) is 0 Å². The minimum absolute atomic E-state index is 0.103. The third-order valence-electron chi connectivity index (χ3n) is 3.27. The fourth-order valence-electron chi connectivity index (χ4n) is 2.18. The Morgan fingerprint density at radius 3 is 2.57 bits per heavy atom. The van der Waals surface area contributed by atoms with Crippen molar-refractivity contribution in [3.8, 4) is 11.1 Å². The molecule has 3 heteroatoms. The van der Waals surface area contributed by atoms with Crippen LogP contribution in [0.2, 0.25) is 0 Å². The van der Waals surface area contributed by atoms with Gasteiger partial charge in [0.05, 0.1) is 6.61 Å². The molecule has 3 aromatic rings. The molecule has 21 heavy (non-hydrogen) atoms. The summed E-state index contributed by atoms with van der Waals surface area (Å²) < 4.78 is 0. The summed E-state index contributed by atoms with van der Waals surface area (Å²) in [6, 6.07) is 18.9. The normalized spacial score (nSPS) is 10.7. The largest absolute Gasteiger partial charge is 0.392 e. The molecule has 0 atom stereocenters. The van der Waals surface area contributed by atoms with Gasteiger partial charge in [0.15, 0.2) is 0 Å². The Morgan fingerprint density at radius 1 is 0.905 bits per heavy atom. The molecular formula is C18H16OS2. The van der Waals surface area contributed by atoms with Crippen LogP contribution in [0.5, 0.6) is 0 Å². The zero-order valence-corrected chi connectivity index (χ0v) is 13.2. The molecule has 0 unspecified atom stereocenters. The predicted molar refractivity (Wildman–Crippen MR) is 91.7 cm³/mol. The smallest absolute Gasteiger partial charge is 0.0681 e. The molecule has 0 bridgehead atoms. The van der Waals surface area contributed by atoms with Gasteiger partial charge in [-0.1, -0.05) is 36.4 Å². The Labute approximate surface area is 133 Å². The highest BCUT2D eigenvalue weighted by Crippen LogP contribution is 2.29. The summed E-state index contributed by atoms with van der Waals surface area (Å²) in [5, 5.41) is 13.5. The van der Waals surface area contributed by atoms with Gasteiger partial charge in [0, 0.05) is 10.6 Å². The molecular weight excluding hydrogens is 296 g/mol. The standard InChI is InChI=1S/C18H16OS2/c19-11-14-3-1-4-15(9-14)12-21-18-6-2-5-16(10-18)17-7-8-20-13-17/h1-10,13,19H,11-12H2. The first-order valence-electron chi connectivity index (χ1n) is 6.79. The average Bonchev–Trinajstić information content (AvgIpc) is 3.08. The van der Waals surface area contributed by atoms with Gasteiger partial charge in [-0.2, -0.15) is 11.3 Å². The van der Waals surface area contributed by atoms with Gasteiger partial charge in [-0.25, -0.2) is 0 Å². The van der Waals surface area contributed by atoms with Gasteiger partial charge in [0.2, 0.25) is 0 Å². The highest BCUT2D eigenvalue weighted by Gasteiger charge is 2.02. The third-order valence-corrected chi connectivity index (χ3v) is 5.02. The van der Waals surface area contributed by atoms with Crippen LogP contribution in [0.3, 0.4) is 0 Å². The Kier molecular flexibility index (Phi) is 4.76. The first kappa shape index (κ1) is 14.4. The van der Waals surface area contributed by atoms with Crippen molar-refractivity contribution < 1.29 is 5.11 Å². The van der Waals surface area contributed by atoms with Crippen LogP contribution < -0.4 is 0 Å². The minimum Gasteiger partial charge on any atom is -0.392 e. The summed E-state index contributed by atoms with van der Waals surface area (Å²) >= 11 is 3.55. The Hall–Kier alpha value is -1.55. The lowest BCUT2D eigenvalue weighted by molar-refractivity contribution is 0.282. The highest BCUT2D eigenvalue weighted by molar-refractivity contribution is 7.98. The van der Waals surface area contributed by atoms with E-state index in [1.807, 2.05) is 23.9 Å². The maximum Gasteiger partial charge on any atom is 0.0681 e. The number of hydrogen-bond donors (Lipinski definition) is 1. The number of aliphatic hydroxyl groups excluding tert-OH is 1. The molecule has 1 aromatic heterocycles. The van der Waals surface area contributed by atoms with Crippen molar-refractivity contribution in [1.82, 2.24) is 0 Å². The molecule has 0 saturated heterocycles. The number of benzene rings is 2. The Balaban J connectivity index is 1.72. The number of rotatable bonds is 5. The summed E-state index contributed by atoms with van der Waals surface area (Å²) in [6.45, 7) is 0.103. The molecule has 0 amide bonds. The van der Waals surface area contributed by atoms with Gasteiger partial charge >= 0.3 is 0 Å². The molecule has 0 fully saturated rings. The van der Waals surface area contributed by atoms with Crippen LogP contribution in [0.25, 0.3) is 11.1 Å². The van der Waals surface area contributed by atoms with Gasteiger partial charge in [-0.05, 0) is 51.2 Å². The Bertz CT molecular complexity index is 705. The summed E-state index contributed by atoms with van der Waals surface area (Å²) in [6.07, 6.45) is 0. The van der Waals surface area contributed by atoms with Gasteiger partial charge in [0.1, 0.15) is 0 Å². The van der Waals surface area contributed by atoms with Gasteiger partial charge in [-0.3, -0.25) is 0 Å². The monoisotopic (exact) mass is 312 g/mol. The second kappa shape index (κ2) is 6.94. The topological polar surface area (TPSA) is 20.2 Å². The maximum atomic E-state index is 9.18. The molecule has 0 spiro atoms. The van der Waals surface area contributed by atoms with Crippen LogP contribution in [-0.4, -0.2) is 5.11 Å². The molecule has 0 aliphatic carbocycles. The summed E-state index contributed by atoms with van der Waals surface area (Å²) in [5.74, 6) is 0.918. The molecule has 3 rings (SSSR count). The lowest BCUT2D eigenvalue weighted by Gasteiger charge is -2.06. The average molecular weight is 312 g/mol. The highest BCUT2D eigenvalue weighted by atomic mass is 32.2. The second-order valence-corrected chi connectivity index (χ2v) is 6.64. The molecule has 2 aromatic carbocycles. The fourth-order valence-corrected chi connectivity index (χ4v) is 3.74. The van der Waals surface area contributed by atoms with E-state index in [9.17, 15) is 5.11 Å². The van der Waals surface area contributed by atoms with Crippen molar-refractivity contribution in [3.63, 3.8) is 0 Å². The van der Waals surface area contributed by atoms with Crippen molar-refractivity contribution in [1.29, 1.82) is 0 Å². The van der Waals surface area contributed by atoms with E-state index in [-0.39, 0.29) is 6.61 Å². The molecule has 0 radical (unpaired) electrons. The fraction of sp³-hybridized carbons (Fsp3) is 0.111. The van der Waals surface area contributed by atoms with Gasteiger partial charge in [-0.15, -0.1) is 11.8 Å². The van der Waals surface area contributed by atoms with Crippen molar-refractivity contribution in [2.24, 2.45) is 0 Å². The SMILES string of the molecule is OCc1cccc(CSc2cccc(-c3ccsc3)c2)c1. The van der Waals surface area contributed by atoms with E-state index in [1.165, 1.54) is 21.6 Å². The van der Waals surface area contributed by atoms with E-state index < -0.39 is 0 Å². The van der Waals surface area contributed by atoms with E-state index in [2.05, 4.69) is 53.2 Å². The van der Waals surface area contributed by atoms with Crippen LogP contribution in [0.15, 0.2) is 70.3 Å². The lowest BCUT2D eigenvalue weighted by Crippen LogP contribution is -1.86. The van der Waals surface area contributed by atoms with Gasteiger partial charge in [0.25, 0.3) is 0 Å². The van der Waals surface area contributed by atoms with Gasteiger partial charge < -0.3 is 5.11 Å². The van der Waals surface area contributed by atoms with Crippen molar-refractivity contribution in [2.45, 2.75) is 17.3 Å².